The summed E-state index contributed by atoms with van der Waals surface area (Å²) in [6.07, 6.45) is 1.12. The molecule has 0 saturated carbocycles. The molecule has 0 amide bonds. The van der Waals surface area contributed by atoms with E-state index in [1.807, 2.05) is 24.3 Å². The van der Waals surface area contributed by atoms with Crippen LogP contribution in [0, 0.1) is 0 Å². The summed E-state index contributed by atoms with van der Waals surface area (Å²) in [6, 6.07) is 7.30. The van der Waals surface area contributed by atoms with Crippen molar-refractivity contribution in [3.05, 3.63) is 36.2 Å². The van der Waals surface area contributed by atoms with Gasteiger partial charge >= 0.3 is 5.97 Å². The summed E-state index contributed by atoms with van der Waals surface area (Å²) in [6.45, 7) is 0. The van der Waals surface area contributed by atoms with Gasteiger partial charge in [-0.3, -0.25) is 0 Å². The number of nitrogens with zero attached hydrogens (tertiary/aromatic N) is 1. The van der Waals surface area contributed by atoms with E-state index in [-0.39, 0.29) is 5.69 Å². The highest BCUT2D eigenvalue weighted by atomic mass is 32.2. The predicted molar refractivity (Wildman–Crippen MR) is 60.6 cm³/mol. The zero-order valence-electron chi connectivity index (χ0n) is 8.91. The summed E-state index contributed by atoms with van der Waals surface area (Å²) in [4.78, 5) is 15.3. The lowest BCUT2D eigenvalue weighted by atomic mass is 10.3. The minimum atomic E-state index is -1.10. The molecular formula is C11H9NO4S. The van der Waals surface area contributed by atoms with Gasteiger partial charge in [-0.05, 0) is 36.0 Å². The standard InChI is InChI=1S/C11H9NO4S/c1-15-7-2-4-8(5-3-7)17-11-12-9(6-16-11)10(13)14/h2-6H,1H3,(H,13,14). The first kappa shape index (κ1) is 11.5. The average Bonchev–Trinajstić information content (AvgIpc) is 2.79. The molecule has 17 heavy (non-hydrogen) atoms. The molecular weight excluding hydrogens is 242 g/mol. The zero-order chi connectivity index (χ0) is 12.3. The van der Waals surface area contributed by atoms with Gasteiger partial charge in [-0.2, -0.15) is 4.98 Å². The smallest absolute Gasteiger partial charge is 0.357 e. The van der Waals surface area contributed by atoms with Crippen LogP contribution in [0.25, 0.3) is 0 Å². The average molecular weight is 251 g/mol. The molecule has 0 atom stereocenters. The van der Waals surface area contributed by atoms with E-state index in [0.29, 0.717) is 5.22 Å². The Morgan fingerprint density at radius 2 is 2.12 bits per heavy atom. The van der Waals surface area contributed by atoms with Crippen LogP contribution in [0.1, 0.15) is 10.5 Å². The fourth-order valence-electron chi connectivity index (χ4n) is 1.15. The molecule has 0 radical (unpaired) electrons. The first-order valence-electron chi connectivity index (χ1n) is 4.70. The van der Waals surface area contributed by atoms with Crippen LogP contribution >= 0.6 is 11.8 Å². The Morgan fingerprint density at radius 1 is 1.41 bits per heavy atom. The highest BCUT2D eigenvalue weighted by Gasteiger charge is 2.11. The van der Waals surface area contributed by atoms with Gasteiger partial charge in [0.2, 0.25) is 0 Å². The number of rotatable bonds is 4. The van der Waals surface area contributed by atoms with Crippen molar-refractivity contribution in [2.45, 2.75) is 10.1 Å². The lowest BCUT2D eigenvalue weighted by Crippen LogP contribution is -1.95. The highest BCUT2D eigenvalue weighted by Crippen LogP contribution is 2.28. The van der Waals surface area contributed by atoms with Gasteiger partial charge in [-0.25, -0.2) is 4.79 Å². The van der Waals surface area contributed by atoms with Crippen molar-refractivity contribution in [1.29, 1.82) is 0 Å². The molecule has 0 aliphatic rings. The van der Waals surface area contributed by atoms with E-state index in [0.717, 1.165) is 16.9 Å². The van der Waals surface area contributed by atoms with E-state index in [1.165, 1.54) is 11.8 Å². The number of aromatic nitrogens is 1. The van der Waals surface area contributed by atoms with Gasteiger partial charge in [-0.1, -0.05) is 0 Å². The SMILES string of the molecule is COc1ccc(Sc2nc(C(=O)O)co2)cc1. The molecule has 0 aliphatic heterocycles. The van der Waals surface area contributed by atoms with Gasteiger partial charge < -0.3 is 14.3 Å². The quantitative estimate of drug-likeness (QED) is 0.900. The third-order valence-electron chi connectivity index (χ3n) is 1.97. The Bertz CT molecular complexity index is 521. The van der Waals surface area contributed by atoms with E-state index in [1.54, 1.807) is 7.11 Å². The van der Waals surface area contributed by atoms with Crippen LogP contribution in [-0.4, -0.2) is 23.2 Å². The maximum absolute atomic E-state index is 10.6. The molecule has 0 bridgehead atoms. The number of carboxylic acid groups (broad SMARTS) is 1. The largest absolute Gasteiger partial charge is 0.497 e. The van der Waals surface area contributed by atoms with Crippen molar-refractivity contribution in [2.75, 3.05) is 7.11 Å². The predicted octanol–water partition coefficient (Wildman–Crippen LogP) is 2.53. The fourth-order valence-corrected chi connectivity index (χ4v) is 1.86. The molecule has 1 N–H and O–H groups in total. The molecule has 0 aliphatic carbocycles. The molecule has 6 heteroatoms. The van der Waals surface area contributed by atoms with Crippen molar-refractivity contribution in [3.8, 4) is 5.75 Å². The van der Waals surface area contributed by atoms with Gasteiger partial charge in [0.05, 0.1) is 7.11 Å². The van der Waals surface area contributed by atoms with E-state index < -0.39 is 5.97 Å². The van der Waals surface area contributed by atoms with Gasteiger partial charge in [0.15, 0.2) is 5.69 Å². The number of ether oxygens (including phenoxy) is 1. The maximum atomic E-state index is 10.6. The molecule has 0 fully saturated rings. The fraction of sp³-hybridized carbons (Fsp3) is 0.0909. The van der Waals surface area contributed by atoms with E-state index in [9.17, 15) is 4.79 Å². The number of aromatic carboxylic acids is 1. The molecule has 5 nitrogen and oxygen atoms in total. The molecule has 1 heterocycles. The molecule has 1 aromatic heterocycles. The van der Waals surface area contributed by atoms with Crippen LogP contribution in [0.2, 0.25) is 0 Å². The summed E-state index contributed by atoms with van der Waals surface area (Å²) in [5.41, 5.74) is -0.0963. The number of benzene rings is 1. The molecule has 0 unspecified atom stereocenters. The first-order valence-corrected chi connectivity index (χ1v) is 5.51. The highest BCUT2D eigenvalue weighted by molar-refractivity contribution is 7.99. The monoisotopic (exact) mass is 251 g/mol. The van der Waals surface area contributed by atoms with Gasteiger partial charge in [0.1, 0.15) is 12.0 Å². The molecule has 1 aromatic carbocycles. The summed E-state index contributed by atoms with van der Waals surface area (Å²) >= 11 is 1.25. The molecule has 2 aromatic rings. The number of hydrogen-bond donors (Lipinski definition) is 1. The number of carboxylic acids is 1. The van der Waals surface area contributed by atoms with E-state index >= 15 is 0 Å². The topological polar surface area (TPSA) is 72.6 Å². The summed E-state index contributed by atoms with van der Waals surface area (Å²) in [5.74, 6) is -0.344. The van der Waals surface area contributed by atoms with Crippen LogP contribution in [-0.2, 0) is 0 Å². The zero-order valence-corrected chi connectivity index (χ0v) is 9.73. The minimum Gasteiger partial charge on any atom is -0.497 e. The lowest BCUT2D eigenvalue weighted by molar-refractivity contribution is 0.0690. The van der Waals surface area contributed by atoms with Gasteiger partial charge in [-0.15, -0.1) is 0 Å². The van der Waals surface area contributed by atoms with Gasteiger partial charge in [0.25, 0.3) is 5.22 Å². The Balaban J connectivity index is 2.11. The minimum absolute atomic E-state index is 0.0963. The first-order chi connectivity index (χ1) is 8.19. The number of oxazole rings is 1. The van der Waals surface area contributed by atoms with Crippen molar-refractivity contribution in [2.24, 2.45) is 0 Å². The Hall–Kier alpha value is -1.95. The Kier molecular flexibility index (Phi) is 3.34. The normalized spacial score (nSPS) is 10.2. The van der Waals surface area contributed by atoms with Crippen molar-refractivity contribution in [1.82, 2.24) is 4.98 Å². The second kappa shape index (κ2) is 4.92. The lowest BCUT2D eigenvalue weighted by Gasteiger charge is -2.00. The summed E-state index contributed by atoms with van der Waals surface area (Å²) < 4.78 is 10.1. The maximum Gasteiger partial charge on any atom is 0.357 e. The van der Waals surface area contributed by atoms with Crippen molar-refractivity contribution < 1.29 is 19.1 Å². The van der Waals surface area contributed by atoms with Crippen molar-refractivity contribution >= 4 is 17.7 Å². The second-order valence-electron chi connectivity index (χ2n) is 3.08. The summed E-state index contributed by atoms with van der Waals surface area (Å²) in [7, 11) is 1.59. The molecule has 88 valence electrons. The number of methoxy groups -OCH3 is 1. The van der Waals surface area contributed by atoms with Crippen LogP contribution in [0.15, 0.2) is 45.1 Å². The van der Waals surface area contributed by atoms with E-state index in [4.69, 9.17) is 14.3 Å². The number of hydrogen-bond acceptors (Lipinski definition) is 5. The molecule has 0 saturated heterocycles. The van der Waals surface area contributed by atoms with Crippen LogP contribution < -0.4 is 4.74 Å². The van der Waals surface area contributed by atoms with E-state index in [2.05, 4.69) is 4.98 Å². The molecule has 2 rings (SSSR count). The van der Waals surface area contributed by atoms with Crippen LogP contribution in [0.4, 0.5) is 0 Å². The number of carbonyl (C=O) groups is 1. The third-order valence-corrected chi connectivity index (χ3v) is 2.84. The third kappa shape index (κ3) is 2.79. The summed E-state index contributed by atoms with van der Waals surface area (Å²) in [5, 5.41) is 8.98. The van der Waals surface area contributed by atoms with Crippen LogP contribution in [0.5, 0.6) is 5.75 Å². The molecule has 0 spiro atoms. The second-order valence-corrected chi connectivity index (χ2v) is 4.11. The Labute approximate surface area is 101 Å². The Morgan fingerprint density at radius 3 is 2.65 bits per heavy atom. The van der Waals surface area contributed by atoms with Gasteiger partial charge in [0, 0.05) is 4.90 Å². The van der Waals surface area contributed by atoms with Crippen molar-refractivity contribution in [3.63, 3.8) is 0 Å². The van der Waals surface area contributed by atoms with Crippen LogP contribution in [0.3, 0.4) is 0 Å².